The highest BCUT2D eigenvalue weighted by molar-refractivity contribution is 5.87. The molecule has 0 amide bonds. The number of rotatable bonds is 11. The van der Waals surface area contributed by atoms with Crippen molar-refractivity contribution in [2.24, 2.45) is 0 Å². The molecule has 0 aliphatic rings. The van der Waals surface area contributed by atoms with Gasteiger partial charge in [0, 0.05) is 31.7 Å². The van der Waals surface area contributed by atoms with Crippen molar-refractivity contribution in [3.63, 3.8) is 0 Å². The number of hydrogen-bond donors (Lipinski definition) is 2. The van der Waals surface area contributed by atoms with Crippen LogP contribution in [-0.4, -0.2) is 30.6 Å². The van der Waals surface area contributed by atoms with Gasteiger partial charge in [-0.05, 0) is 41.8 Å². The molecule has 0 unspecified atom stereocenters. The van der Waals surface area contributed by atoms with Crippen molar-refractivity contribution in [2.75, 3.05) is 0 Å². The molecule has 6 heteroatoms. The molecule has 6 nitrogen and oxygen atoms in total. The molecule has 180 valence electrons. The number of aromatic nitrogens is 2. The molecule has 3 aromatic carbocycles. The highest BCUT2D eigenvalue weighted by Crippen LogP contribution is 2.23. The maximum Gasteiger partial charge on any atom is 0.335 e. The predicted molar refractivity (Wildman–Crippen MR) is 137 cm³/mol. The maximum absolute atomic E-state index is 11.2. The smallest absolute Gasteiger partial charge is 0.335 e. The van der Waals surface area contributed by atoms with Gasteiger partial charge in [-0.15, -0.1) is 0 Å². The van der Waals surface area contributed by atoms with Crippen molar-refractivity contribution < 1.29 is 15.0 Å². The number of hydrogen-bond acceptors (Lipinski definition) is 4. The fourth-order valence-electron chi connectivity index (χ4n) is 4.19. The summed E-state index contributed by atoms with van der Waals surface area (Å²) in [5.41, 5.74) is 4.65. The second-order valence-corrected chi connectivity index (χ2v) is 8.76. The molecule has 1 heterocycles. The van der Waals surface area contributed by atoms with Crippen molar-refractivity contribution in [1.82, 2.24) is 14.5 Å². The van der Waals surface area contributed by atoms with Gasteiger partial charge in [0.25, 0.3) is 0 Å². The first-order chi connectivity index (χ1) is 17.0. The van der Waals surface area contributed by atoms with Crippen LogP contribution in [0.3, 0.4) is 0 Å². The average molecular weight is 470 g/mol. The Morgan fingerprint density at radius 1 is 0.886 bits per heavy atom. The quantitative estimate of drug-likeness (QED) is 0.284. The zero-order valence-corrected chi connectivity index (χ0v) is 20.0. The molecule has 0 atom stereocenters. The first kappa shape index (κ1) is 24.2. The van der Waals surface area contributed by atoms with Crippen LogP contribution in [-0.2, 0) is 26.2 Å². The van der Waals surface area contributed by atoms with Crippen LogP contribution >= 0.6 is 0 Å². The third-order valence-electron chi connectivity index (χ3n) is 6.04. The molecule has 0 radical (unpaired) electrons. The molecule has 35 heavy (non-hydrogen) atoms. The highest BCUT2D eigenvalue weighted by Gasteiger charge is 2.16. The number of carboxylic acid groups (broad SMARTS) is 1. The van der Waals surface area contributed by atoms with Crippen LogP contribution in [0.5, 0.6) is 5.75 Å². The second kappa shape index (κ2) is 11.5. The molecule has 4 aromatic rings. The zero-order valence-electron chi connectivity index (χ0n) is 20.0. The summed E-state index contributed by atoms with van der Waals surface area (Å²) in [6.45, 7) is 5.11. The van der Waals surface area contributed by atoms with E-state index in [2.05, 4.69) is 28.5 Å². The Labute approximate surface area is 206 Å². The Kier molecular flexibility index (Phi) is 7.95. The summed E-state index contributed by atoms with van der Waals surface area (Å²) >= 11 is 0. The molecule has 0 aliphatic heterocycles. The summed E-state index contributed by atoms with van der Waals surface area (Å²) in [4.78, 5) is 18.3. The van der Waals surface area contributed by atoms with E-state index < -0.39 is 5.97 Å². The summed E-state index contributed by atoms with van der Waals surface area (Å²) in [5, 5.41) is 18.9. The number of aromatic hydroxyl groups is 1. The molecule has 0 spiro atoms. The Morgan fingerprint density at radius 3 is 2.11 bits per heavy atom. The van der Waals surface area contributed by atoms with E-state index in [1.54, 1.807) is 24.3 Å². The number of nitrogens with zero attached hydrogens (tertiary/aromatic N) is 3. The lowest BCUT2D eigenvalue weighted by Gasteiger charge is -2.24. The summed E-state index contributed by atoms with van der Waals surface area (Å²) < 4.78 is 2.32. The van der Waals surface area contributed by atoms with Gasteiger partial charge in [-0.1, -0.05) is 67.9 Å². The monoisotopic (exact) mass is 469 g/mol. The average Bonchev–Trinajstić information content (AvgIpc) is 3.27. The summed E-state index contributed by atoms with van der Waals surface area (Å²) in [6.07, 6.45) is 4.13. The number of imidazole rings is 1. The van der Waals surface area contributed by atoms with Gasteiger partial charge < -0.3 is 14.8 Å². The summed E-state index contributed by atoms with van der Waals surface area (Å²) in [7, 11) is 0. The highest BCUT2D eigenvalue weighted by atomic mass is 16.4. The number of carbonyl (C=O) groups is 1. The van der Waals surface area contributed by atoms with Crippen molar-refractivity contribution in [3.05, 3.63) is 107 Å². The summed E-state index contributed by atoms with van der Waals surface area (Å²) in [5.74, 6) is 0.296. The molecule has 0 bridgehead atoms. The zero-order chi connectivity index (χ0) is 24.6. The number of aromatic carboxylic acids is 1. The fourth-order valence-corrected chi connectivity index (χ4v) is 4.19. The minimum atomic E-state index is -0.925. The molecule has 0 fully saturated rings. The van der Waals surface area contributed by atoms with Crippen LogP contribution in [0.4, 0.5) is 0 Å². The molecule has 0 saturated carbocycles. The largest absolute Gasteiger partial charge is 0.508 e. The van der Waals surface area contributed by atoms with Crippen molar-refractivity contribution in [2.45, 2.75) is 45.9 Å². The van der Waals surface area contributed by atoms with E-state index in [1.165, 1.54) is 0 Å². The van der Waals surface area contributed by atoms with Crippen molar-refractivity contribution in [1.29, 1.82) is 0 Å². The van der Waals surface area contributed by atoms with Gasteiger partial charge in [0.15, 0.2) is 0 Å². The van der Waals surface area contributed by atoms with E-state index in [-0.39, 0.29) is 11.3 Å². The van der Waals surface area contributed by atoms with Crippen LogP contribution in [0.1, 0.15) is 46.9 Å². The normalized spacial score (nSPS) is 11.1. The number of benzene rings is 3. The van der Waals surface area contributed by atoms with E-state index in [0.29, 0.717) is 19.6 Å². The number of unbranched alkanes of at least 4 members (excludes halogenated alkanes) is 1. The topological polar surface area (TPSA) is 78.6 Å². The number of phenolic OH excluding ortho intramolecular Hbond substituents is 1. The van der Waals surface area contributed by atoms with Crippen LogP contribution in [0.15, 0.2) is 85.1 Å². The first-order valence-electron chi connectivity index (χ1n) is 12.0. The lowest BCUT2D eigenvalue weighted by molar-refractivity contribution is 0.0697. The van der Waals surface area contributed by atoms with Gasteiger partial charge in [0.1, 0.15) is 11.6 Å². The van der Waals surface area contributed by atoms with Crippen LogP contribution in [0, 0.1) is 0 Å². The minimum absolute atomic E-state index is 0.245. The van der Waals surface area contributed by atoms with Crippen LogP contribution < -0.4 is 0 Å². The second-order valence-electron chi connectivity index (χ2n) is 8.76. The third kappa shape index (κ3) is 6.37. The molecular formula is C29H31N3O3. The molecule has 2 N–H and O–H groups in total. The van der Waals surface area contributed by atoms with Gasteiger partial charge >= 0.3 is 5.97 Å². The van der Waals surface area contributed by atoms with E-state index >= 15 is 0 Å². The SMILES string of the molecule is CCCCn1c(CN(Cc2ccc(O)cc2)Cc2ccc(C(=O)O)cc2)cnc1-c1ccccc1. The third-order valence-corrected chi connectivity index (χ3v) is 6.04. The molecule has 4 rings (SSSR count). The van der Waals surface area contributed by atoms with Crippen LogP contribution in [0.2, 0.25) is 0 Å². The van der Waals surface area contributed by atoms with Crippen molar-refractivity contribution >= 4 is 5.97 Å². The van der Waals surface area contributed by atoms with Gasteiger partial charge in [-0.2, -0.15) is 0 Å². The van der Waals surface area contributed by atoms with Gasteiger partial charge in [-0.3, -0.25) is 4.90 Å². The van der Waals surface area contributed by atoms with E-state index in [4.69, 9.17) is 4.98 Å². The van der Waals surface area contributed by atoms with Gasteiger partial charge in [-0.25, -0.2) is 9.78 Å². The first-order valence-corrected chi connectivity index (χ1v) is 12.0. The van der Waals surface area contributed by atoms with E-state index in [1.807, 2.05) is 48.7 Å². The maximum atomic E-state index is 11.2. The van der Waals surface area contributed by atoms with E-state index in [9.17, 15) is 15.0 Å². The standard InChI is InChI=1S/C29H31N3O3/c1-2-3-17-32-26(18-30-28(32)24-7-5-4-6-8-24)21-31(20-23-11-15-27(33)16-12-23)19-22-9-13-25(14-10-22)29(34)35/h4-16,18,33H,2-3,17,19-21H2,1H3,(H,34,35). The predicted octanol–water partition coefficient (Wildman–Crippen LogP) is 5.96. The lowest BCUT2D eigenvalue weighted by atomic mass is 10.1. The lowest BCUT2D eigenvalue weighted by Crippen LogP contribution is -2.24. The minimum Gasteiger partial charge on any atom is -0.508 e. The van der Waals surface area contributed by atoms with Crippen LogP contribution in [0.25, 0.3) is 11.4 Å². The van der Waals surface area contributed by atoms with Crippen molar-refractivity contribution in [3.8, 4) is 17.1 Å². The number of phenols is 1. The Hall–Kier alpha value is -3.90. The Morgan fingerprint density at radius 2 is 1.51 bits per heavy atom. The molecule has 0 aliphatic carbocycles. The van der Waals surface area contributed by atoms with Gasteiger partial charge in [0.2, 0.25) is 0 Å². The molecule has 1 aromatic heterocycles. The van der Waals surface area contributed by atoms with Gasteiger partial charge in [0.05, 0.1) is 17.5 Å². The Balaban J connectivity index is 1.63. The Bertz CT molecular complexity index is 1230. The number of carboxylic acids is 1. The molecule has 0 saturated heterocycles. The van der Waals surface area contributed by atoms with E-state index in [0.717, 1.165) is 47.6 Å². The molecular weight excluding hydrogens is 438 g/mol. The fraction of sp³-hybridized carbons (Fsp3) is 0.241. The summed E-state index contributed by atoms with van der Waals surface area (Å²) in [6, 6.07) is 24.6.